The summed E-state index contributed by atoms with van der Waals surface area (Å²) in [6.07, 6.45) is 5.21. The van der Waals surface area contributed by atoms with Gasteiger partial charge >= 0.3 is 0 Å². The molecule has 0 bridgehead atoms. The molecule has 4 heteroatoms. The second-order valence-electron chi connectivity index (χ2n) is 4.50. The molecular formula is C12H25ClN2O. The van der Waals surface area contributed by atoms with E-state index in [0.29, 0.717) is 18.4 Å². The van der Waals surface area contributed by atoms with Crippen LogP contribution in [-0.4, -0.2) is 25.0 Å². The fourth-order valence-electron chi connectivity index (χ4n) is 2.10. The molecule has 96 valence electrons. The van der Waals surface area contributed by atoms with Crippen LogP contribution in [0.2, 0.25) is 0 Å². The van der Waals surface area contributed by atoms with E-state index in [4.69, 9.17) is 0 Å². The SMILES string of the molecule is CCC(CC)CC(=O)NC1CCCNC1.Cl. The van der Waals surface area contributed by atoms with Crippen LogP contribution in [0, 0.1) is 5.92 Å². The summed E-state index contributed by atoms with van der Waals surface area (Å²) in [4.78, 5) is 11.7. The van der Waals surface area contributed by atoms with Crippen molar-refractivity contribution in [1.29, 1.82) is 0 Å². The summed E-state index contributed by atoms with van der Waals surface area (Å²) in [6.45, 7) is 6.35. The van der Waals surface area contributed by atoms with E-state index in [1.165, 1.54) is 6.42 Å². The van der Waals surface area contributed by atoms with E-state index in [1.54, 1.807) is 0 Å². The number of hydrogen-bond donors (Lipinski definition) is 2. The Morgan fingerprint density at radius 1 is 1.44 bits per heavy atom. The van der Waals surface area contributed by atoms with E-state index < -0.39 is 0 Å². The maximum Gasteiger partial charge on any atom is 0.220 e. The van der Waals surface area contributed by atoms with Crippen LogP contribution in [0.5, 0.6) is 0 Å². The highest BCUT2D eigenvalue weighted by molar-refractivity contribution is 5.85. The Hall–Kier alpha value is -0.280. The normalized spacial score (nSPS) is 20.3. The lowest BCUT2D eigenvalue weighted by molar-refractivity contribution is -0.122. The average molecular weight is 249 g/mol. The number of piperidine rings is 1. The molecule has 1 unspecified atom stereocenters. The molecule has 2 N–H and O–H groups in total. The summed E-state index contributed by atoms with van der Waals surface area (Å²) in [5.41, 5.74) is 0. The summed E-state index contributed by atoms with van der Waals surface area (Å²) in [5.74, 6) is 0.791. The van der Waals surface area contributed by atoms with Crippen molar-refractivity contribution < 1.29 is 4.79 Å². The summed E-state index contributed by atoms with van der Waals surface area (Å²) < 4.78 is 0. The molecule has 16 heavy (non-hydrogen) atoms. The minimum atomic E-state index is 0. The first-order valence-electron chi connectivity index (χ1n) is 6.26. The molecule has 0 aromatic carbocycles. The maximum atomic E-state index is 11.7. The van der Waals surface area contributed by atoms with Crippen LogP contribution >= 0.6 is 12.4 Å². The Bertz CT molecular complexity index is 189. The van der Waals surface area contributed by atoms with Gasteiger partial charge in [-0.05, 0) is 25.3 Å². The number of hydrogen-bond acceptors (Lipinski definition) is 2. The zero-order valence-corrected chi connectivity index (χ0v) is 11.2. The summed E-state index contributed by atoms with van der Waals surface area (Å²) in [6, 6.07) is 0.362. The number of carbonyl (C=O) groups excluding carboxylic acids is 1. The number of rotatable bonds is 5. The molecule has 1 rings (SSSR count). The Kier molecular flexibility index (Phi) is 8.67. The standard InChI is InChI=1S/C12H24N2O.ClH/c1-3-10(4-2)8-12(15)14-11-6-5-7-13-9-11;/h10-11,13H,3-9H2,1-2H3,(H,14,15);1H. The van der Waals surface area contributed by atoms with Crippen LogP contribution in [0.4, 0.5) is 0 Å². The second kappa shape index (κ2) is 8.82. The zero-order chi connectivity index (χ0) is 11.1. The highest BCUT2D eigenvalue weighted by Crippen LogP contribution is 2.12. The molecule has 1 saturated heterocycles. The smallest absolute Gasteiger partial charge is 0.220 e. The van der Waals surface area contributed by atoms with Gasteiger partial charge in [-0.25, -0.2) is 0 Å². The van der Waals surface area contributed by atoms with Crippen molar-refractivity contribution in [2.45, 2.75) is 52.0 Å². The molecule has 1 fully saturated rings. The molecule has 0 spiro atoms. The number of carbonyl (C=O) groups is 1. The van der Waals surface area contributed by atoms with Gasteiger partial charge in [0.05, 0.1) is 0 Å². The van der Waals surface area contributed by atoms with E-state index in [1.807, 2.05) is 0 Å². The second-order valence-corrected chi connectivity index (χ2v) is 4.50. The highest BCUT2D eigenvalue weighted by Gasteiger charge is 2.16. The van der Waals surface area contributed by atoms with Gasteiger partial charge in [0.15, 0.2) is 0 Å². The minimum Gasteiger partial charge on any atom is -0.352 e. The maximum absolute atomic E-state index is 11.7. The van der Waals surface area contributed by atoms with Crippen molar-refractivity contribution in [3.63, 3.8) is 0 Å². The molecule has 3 nitrogen and oxygen atoms in total. The van der Waals surface area contributed by atoms with Crippen molar-refractivity contribution in [2.24, 2.45) is 5.92 Å². The van der Waals surface area contributed by atoms with Crippen LogP contribution in [0.1, 0.15) is 46.0 Å². The minimum absolute atomic E-state index is 0. The van der Waals surface area contributed by atoms with Crippen molar-refractivity contribution in [2.75, 3.05) is 13.1 Å². The van der Waals surface area contributed by atoms with E-state index in [-0.39, 0.29) is 18.3 Å². The summed E-state index contributed by atoms with van der Waals surface area (Å²) in [7, 11) is 0. The first-order chi connectivity index (χ1) is 7.26. The number of amides is 1. The lowest BCUT2D eigenvalue weighted by atomic mass is 9.98. The van der Waals surface area contributed by atoms with Crippen LogP contribution in [-0.2, 0) is 4.79 Å². The molecule has 1 atom stereocenters. The summed E-state index contributed by atoms with van der Waals surface area (Å²) >= 11 is 0. The van der Waals surface area contributed by atoms with Gasteiger partial charge in [-0.2, -0.15) is 0 Å². The van der Waals surface area contributed by atoms with E-state index in [9.17, 15) is 4.79 Å². The molecule has 1 aliphatic rings. The van der Waals surface area contributed by atoms with Crippen molar-refractivity contribution in [3.05, 3.63) is 0 Å². The monoisotopic (exact) mass is 248 g/mol. The third kappa shape index (κ3) is 5.71. The molecule has 0 radical (unpaired) electrons. The third-order valence-corrected chi connectivity index (χ3v) is 3.29. The predicted octanol–water partition coefficient (Wildman–Crippen LogP) is 2.10. The van der Waals surface area contributed by atoms with Crippen molar-refractivity contribution in [3.8, 4) is 0 Å². The van der Waals surface area contributed by atoms with E-state index >= 15 is 0 Å². The van der Waals surface area contributed by atoms with Gasteiger partial charge in [-0.1, -0.05) is 26.7 Å². The quantitative estimate of drug-likeness (QED) is 0.783. The van der Waals surface area contributed by atoms with Crippen LogP contribution in [0.3, 0.4) is 0 Å². The van der Waals surface area contributed by atoms with Crippen LogP contribution in [0.15, 0.2) is 0 Å². The van der Waals surface area contributed by atoms with E-state index in [2.05, 4.69) is 24.5 Å². The zero-order valence-electron chi connectivity index (χ0n) is 10.4. The van der Waals surface area contributed by atoms with Crippen molar-refractivity contribution in [1.82, 2.24) is 10.6 Å². The molecule has 1 heterocycles. The summed E-state index contributed by atoms with van der Waals surface area (Å²) in [5, 5.41) is 6.42. The van der Waals surface area contributed by atoms with Crippen LogP contribution < -0.4 is 10.6 Å². The van der Waals surface area contributed by atoms with Gasteiger partial charge in [-0.3, -0.25) is 4.79 Å². The van der Waals surface area contributed by atoms with Gasteiger partial charge in [0.2, 0.25) is 5.91 Å². The van der Waals surface area contributed by atoms with Gasteiger partial charge in [-0.15, -0.1) is 12.4 Å². The Morgan fingerprint density at radius 3 is 2.62 bits per heavy atom. The lowest BCUT2D eigenvalue weighted by Gasteiger charge is -2.24. The molecule has 0 aromatic rings. The molecule has 0 aromatic heterocycles. The molecule has 1 amide bonds. The first kappa shape index (κ1) is 15.7. The topological polar surface area (TPSA) is 41.1 Å². The Balaban J connectivity index is 0.00000225. The number of nitrogens with one attached hydrogen (secondary N) is 2. The molecule has 1 aliphatic heterocycles. The van der Waals surface area contributed by atoms with Crippen molar-refractivity contribution >= 4 is 18.3 Å². The lowest BCUT2D eigenvalue weighted by Crippen LogP contribution is -2.45. The van der Waals surface area contributed by atoms with Crippen LogP contribution in [0.25, 0.3) is 0 Å². The fourth-order valence-corrected chi connectivity index (χ4v) is 2.10. The Morgan fingerprint density at radius 2 is 2.12 bits per heavy atom. The first-order valence-corrected chi connectivity index (χ1v) is 6.26. The molecule has 0 aliphatic carbocycles. The highest BCUT2D eigenvalue weighted by atomic mass is 35.5. The van der Waals surface area contributed by atoms with Gasteiger partial charge in [0, 0.05) is 19.0 Å². The predicted molar refractivity (Wildman–Crippen MR) is 70.0 cm³/mol. The van der Waals surface area contributed by atoms with Gasteiger partial charge in [0.1, 0.15) is 0 Å². The van der Waals surface area contributed by atoms with E-state index in [0.717, 1.165) is 32.4 Å². The molecular weight excluding hydrogens is 224 g/mol. The third-order valence-electron chi connectivity index (χ3n) is 3.29. The number of halogens is 1. The van der Waals surface area contributed by atoms with Gasteiger partial charge in [0.25, 0.3) is 0 Å². The fraction of sp³-hybridized carbons (Fsp3) is 0.917. The average Bonchev–Trinajstić information content (AvgIpc) is 2.27. The largest absolute Gasteiger partial charge is 0.352 e. The Labute approximate surface area is 105 Å². The molecule has 0 saturated carbocycles. The van der Waals surface area contributed by atoms with Gasteiger partial charge < -0.3 is 10.6 Å².